The van der Waals surface area contributed by atoms with Gasteiger partial charge in [0.15, 0.2) is 16.6 Å². The minimum atomic E-state index is 0.197. The van der Waals surface area contributed by atoms with E-state index >= 15 is 0 Å². The summed E-state index contributed by atoms with van der Waals surface area (Å²) in [6.07, 6.45) is 1.61. The van der Waals surface area contributed by atoms with Crippen LogP contribution >= 0.6 is 35.4 Å². The molecule has 0 amide bonds. The van der Waals surface area contributed by atoms with Gasteiger partial charge in [-0.1, -0.05) is 35.3 Å². The molecule has 0 unspecified atom stereocenters. The molecule has 0 saturated heterocycles. The number of nitrogens with zero attached hydrogens (tertiary/aromatic N) is 1. The van der Waals surface area contributed by atoms with Crippen LogP contribution < -0.4 is 20.2 Å². The molecule has 5 nitrogen and oxygen atoms in total. The first-order valence-corrected chi connectivity index (χ1v) is 9.02. The van der Waals surface area contributed by atoms with E-state index in [-0.39, 0.29) is 6.61 Å². The topological polar surface area (TPSA) is 54.9 Å². The Morgan fingerprint density at radius 3 is 2.54 bits per heavy atom. The largest absolute Gasteiger partial charge is 0.493 e. The predicted octanol–water partition coefficient (Wildman–Crippen LogP) is 4.40. The fourth-order valence-electron chi connectivity index (χ4n) is 2.12. The molecule has 0 radical (unpaired) electrons. The Labute approximate surface area is 168 Å². The Morgan fingerprint density at radius 2 is 1.88 bits per heavy atom. The number of benzene rings is 2. The zero-order valence-corrected chi connectivity index (χ0v) is 16.7. The van der Waals surface area contributed by atoms with Crippen LogP contribution in [0.5, 0.6) is 11.5 Å². The van der Waals surface area contributed by atoms with Gasteiger partial charge >= 0.3 is 0 Å². The summed E-state index contributed by atoms with van der Waals surface area (Å²) in [7, 11) is 1.57. The highest BCUT2D eigenvalue weighted by Gasteiger charge is 2.12. The van der Waals surface area contributed by atoms with Gasteiger partial charge in [0.05, 0.1) is 13.3 Å². The molecule has 0 aliphatic carbocycles. The molecule has 0 fully saturated rings. The third-order valence-electron chi connectivity index (χ3n) is 3.36. The molecule has 0 saturated carbocycles. The summed E-state index contributed by atoms with van der Waals surface area (Å²) in [5.74, 6) is 1.11. The number of rotatable bonds is 7. The third kappa shape index (κ3) is 5.49. The lowest BCUT2D eigenvalue weighted by molar-refractivity contribution is 0.284. The molecule has 0 atom stereocenters. The van der Waals surface area contributed by atoms with Gasteiger partial charge in [-0.2, -0.15) is 5.10 Å². The highest BCUT2D eigenvalue weighted by Crippen LogP contribution is 2.32. The van der Waals surface area contributed by atoms with Crippen molar-refractivity contribution in [2.24, 2.45) is 5.10 Å². The van der Waals surface area contributed by atoms with Crippen LogP contribution in [0.4, 0.5) is 0 Å². The summed E-state index contributed by atoms with van der Waals surface area (Å²) in [4.78, 5) is 0. The van der Waals surface area contributed by atoms with Crippen molar-refractivity contribution in [2.45, 2.75) is 13.5 Å². The van der Waals surface area contributed by atoms with Gasteiger partial charge < -0.3 is 14.8 Å². The molecule has 0 heterocycles. The summed E-state index contributed by atoms with van der Waals surface area (Å²) in [6, 6.07) is 10.8. The number of halogens is 2. The highest BCUT2D eigenvalue weighted by atomic mass is 35.5. The van der Waals surface area contributed by atoms with Gasteiger partial charge in [-0.25, -0.2) is 0 Å². The van der Waals surface area contributed by atoms with Crippen LogP contribution in [-0.2, 0) is 6.61 Å². The minimum Gasteiger partial charge on any atom is -0.493 e. The highest BCUT2D eigenvalue weighted by molar-refractivity contribution is 7.80. The zero-order chi connectivity index (χ0) is 18.9. The molecule has 138 valence electrons. The van der Waals surface area contributed by atoms with Crippen molar-refractivity contribution in [1.82, 2.24) is 10.7 Å². The summed E-state index contributed by atoms with van der Waals surface area (Å²) < 4.78 is 11.3. The number of hydrogen-bond acceptors (Lipinski definition) is 4. The van der Waals surface area contributed by atoms with Gasteiger partial charge in [-0.3, -0.25) is 5.43 Å². The molecule has 26 heavy (non-hydrogen) atoms. The number of nitrogens with one attached hydrogen (secondary N) is 2. The van der Waals surface area contributed by atoms with Crippen LogP contribution in [-0.4, -0.2) is 25.0 Å². The number of thiocarbonyl (C=S) groups is 1. The first kappa shape index (κ1) is 20.3. The summed E-state index contributed by atoms with van der Waals surface area (Å²) >= 11 is 17.5. The first-order valence-electron chi connectivity index (χ1n) is 7.86. The molecule has 2 aromatic rings. The van der Waals surface area contributed by atoms with Crippen molar-refractivity contribution in [3.05, 3.63) is 57.6 Å². The molecular weight excluding hydrogens is 393 g/mol. The van der Waals surface area contributed by atoms with Crippen LogP contribution in [0.3, 0.4) is 0 Å². The lowest BCUT2D eigenvalue weighted by atomic mass is 10.2. The van der Waals surface area contributed by atoms with Crippen molar-refractivity contribution in [2.75, 3.05) is 13.7 Å². The molecule has 2 N–H and O–H groups in total. The maximum absolute atomic E-state index is 6.20. The van der Waals surface area contributed by atoms with Gasteiger partial charge in [-0.15, -0.1) is 0 Å². The van der Waals surface area contributed by atoms with Gasteiger partial charge in [0.25, 0.3) is 0 Å². The SMILES string of the molecule is CCNC(=S)N/N=C/c1cccc(OC)c1OCc1c(Cl)cccc1Cl. The van der Waals surface area contributed by atoms with Crippen molar-refractivity contribution >= 4 is 46.7 Å². The van der Waals surface area contributed by atoms with Crippen LogP contribution in [0, 0.1) is 0 Å². The number of methoxy groups -OCH3 is 1. The van der Waals surface area contributed by atoms with E-state index < -0.39 is 0 Å². The zero-order valence-electron chi connectivity index (χ0n) is 14.4. The quantitative estimate of drug-likeness (QED) is 0.401. The molecule has 0 aliphatic rings. The Kier molecular flexibility index (Phi) is 7.97. The van der Waals surface area contributed by atoms with Crippen LogP contribution in [0.15, 0.2) is 41.5 Å². The number of ether oxygens (including phenoxy) is 2. The van der Waals surface area contributed by atoms with Crippen LogP contribution in [0.25, 0.3) is 0 Å². The van der Waals surface area contributed by atoms with Crippen molar-refractivity contribution in [3.63, 3.8) is 0 Å². The molecular formula is C18H19Cl2N3O2S. The Balaban J connectivity index is 2.20. The molecule has 8 heteroatoms. The maximum atomic E-state index is 6.20. The third-order valence-corrected chi connectivity index (χ3v) is 4.30. The molecule has 0 spiro atoms. The monoisotopic (exact) mass is 411 g/mol. The van der Waals surface area contributed by atoms with Gasteiger partial charge in [0.2, 0.25) is 0 Å². The lowest BCUT2D eigenvalue weighted by Crippen LogP contribution is -2.31. The molecule has 0 bridgehead atoms. The van der Waals surface area contributed by atoms with E-state index in [1.165, 1.54) is 0 Å². The summed E-state index contributed by atoms with van der Waals surface area (Å²) in [5, 5.41) is 8.59. The summed E-state index contributed by atoms with van der Waals surface area (Å²) in [6.45, 7) is 2.86. The van der Waals surface area contributed by atoms with E-state index in [2.05, 4.69) is 15.8 Å². The van der Waals surface area contributed by atoms with E-state index in [1.54, 1.807) is 37.6 Å². The van der Waals surface area contributed by atoms with Gasteiger partial charge in [0.1, 0.15) is 6.61 Å². The van der Waals surface area contributed by atoms with Crippen molar-refractivity contribution in [1.29, 1.82) is 0 Å². The van der Waals surface area contributed by atoms with Gasteiger partial charge in [-0.05, 0) is 43.4 Å². The maximum Gasteiger partial charge on any atom is 0.186 e. The fraction of sp³-hybridized carbons (Fsp3) is 0.222. The second kappa shape index (κ2) is 10.2. The number of hydrogen-bond donors (Lipinski definition) is 2. The van der Waals surface area contributed by atoms with Crippen LogP contribution in [0.1, 0.15) is 18.1 Å². The normalized spacial score (nSPS) is 10.6. The Hall–Kier alpha value is -2.02. The molecule has 0 aliphatic heterocycles. The minimum absolute atomic E-state index is 0.197. The lowest BCUT2D eigenvalue weighted by Gasteiger charge is -2.14. The second-order valence-electron chi connectivity index (χ2n) is 5.10. The van der Waals surface area contributed by atoms with E-state index in [1.807, 2.05) is 19.1 Å². The van der Waals surface area contributed by atoms with Crippen molar-refractivity contribution < 1.29 is 9.47 Å². The average Bonchev–Trinajstić information content (AvgIpc) is 2.62. The number of hydrazone groups is 1. The fourth-order valence-corrected chi connectivity index (χ4v) is 2.83. The molecule has 0 aromatic heterocycles. The Morgan fingerprint density at radius 1 is 1.19 bits per heavy atom. The van der Waals surface area contributed by atoms with E-state index in [0.29, 0.717) is 38.8 Å². The standard InChI is InChI=1S/C18H19Cl2N3O2S/c1-3-21-18(26)23-22-10-12-6-4-9-16(24-2)17(12)25-11-13-14(19)7-5-8-15(13)20/h4-10H,3,11H2,1-2H3,(H2,21,23,26)/b22-10+. The average molecular weight is 412 g/mol. The Bertz CT molecular complexity index is 780. The second-order valence-corrected chi connectivity index (χ2v) is 6.32. The van der Waals surface area contributed by atoms with E-state index in [4.69, 9.17) is 44.9 Å². The van der Waals surface area contributed by atoms with Gasteiger partial charge in [0, 0.05) is 27.7 Å². The van der Waals surface area contributed by atoms with E-state index in [0.717, 1.165) is 5.56 Å². The molecule has 2 aromatic carbocycles. The first-order chi connectivity index (χ1) is 12.6. The molecule has 2 rings (SSSR count). The summed E-state index contributed by atoms with van der Waals surface area (Å²) in [5.41, 5.74) is 4.17. The number of para-hydroxylation sites is 1. The van der Waals surface area contributed by atoms with Crippen LogP contribution in [0.2, 0.25) is 10.0 Å². The predicted molar refractivity (Wildman–Crippen MR) is 111 cm³/mol. The van der Waals surface area contributed by atoms with E-state index in [9.17, 15) is 0 Å². The smallest absolute Gasteiger partial charge is 0.186 e. The van der Waals surface area contributed by atoms with Crippen molar-refractivity contribution in [3.8, 4) is 11.5 Å².